The monoisotopic (exact) mass is 501 g/mol. The minimum atomic E-state index is -1.38. The number of carbonyl (C=O) groups is 5. The maximum absolute atomic E-state index is 13.0. The number of amides is 3. The number of hydrogen-bond acceptors (Lipinski definition) is 6. The van der Waals surface area contributed by atoms with Crippen LogP contribution in [0.5, 0.6) is 0 Å². The number of rotatable bonds is 11. The molecule has 0 bridgehead atoms. The second-order valence-corrected chi connectivity index (χ2v) is 8.92. The van der Waals surface area contributed by atoms with E-state index in [0.29, 0.717) is 12.8 Å². The molecule has 194 valence electrons. The smallest absolute Gasteiger partial charge is 0.326 e. The first-order chi connectivity index (χ1) is 17.1. The van der Waals surface area contributed by atoms with Crippen LogP contribution in [0.2, 0.25) is 0 Å². The summed E-state index contributed by atoms with van der Waals surface area (Å²) >= 11 is 0. The van der Waals surface area contributed by atoms with Crippen molar-refractivity contribution in [2.75, 3.05) is 6.54 Å². The predicted molar refractivity (Wildman–Crippen MR) is 129 cm³/mol. The van der Waals surface area contributed by atoms with Gasteiger partial charge in [0.25, 0.3) is 0 Å². The maximum atomic E-state index is 13.0. The molecule has 12 nitrogen and oxygen atoms in total. The van der Waals surface area contributed by atoms with Crippen LogP contribution in [-0.2, 0) is 30.4 Å². The molecule has 1 aliphatic rings. The first-order valence-electron chi connectivity index (χ1n) is 11.7. The van der Waals surface area contributed by atoms with Crippen LogP contribution in [0.15, 0.2) is 30.5 Å². The summed E-state index contributed by atoms with van der Waals surface area (Å²) in [6, 6.07) is 3.47. The molecule has 2 heterocycles. The van der Waals surface area contributed by atoms with Crippen LogP contribution in [0.3, 0.4) is 0 Å². The lowest BCUT2D eigenvalue weighted by atomic mass is 10.0. The fraction of sp³-hybridized carbons (Fsp3) is 0.458. The highest BCUT2D eigenvalue weighted by atomic mass is 16.4. The molecule has 3 rings (SSSR count). The Morgan fingerprint density at radius 3 is 2.58 bits per heavy atom. The number of aliphatic carboxylic acids is 2. The van der Waals surface area contributed by atoms with Gasteiger partial charge in [0.05, 0.1) is 6.04 Å². The van der Waals surface area contributed by atoms with E-state index in [1.807, 2.05) is 24.3 Å². The van der Waals surface area contributed by atoms with E-state index in [0.717, 1.165) is 16.5 Å². The standard InChI is InChI=1S/C24H31N5O7/c1-13(27-21(32)16(25)11-14-12-26-17-6-3-2-5-15(14)17)23(34)29-10-4-7-19(29)22(33)28-18(24(35)36)8-9-20(30)31/h2-3,5-6,12-13,16,18-19,26H,4,7-11,25H2,1H3,(H,27,32)(H,28,33)(H,30,31)(H,35,36). The lowest BCUT2D eigenvalue weighted by molar-refractivity contribution is -0.145. The van der Waals surface area contributed by atoms with Crippen molar-refractivity contribution in [3.8, 4) is 0 Å². The van der Waals surface area contributed by atoms with Gasteiger partial charge in [-0.1, -0.05) is 18.2 Å². The number of carbonyl (C=O) groups excluding carboxylic acids is 3. The maximum Gasteiger partial charge on any atom is 0.326 e. The minimum Gasteiger partial charge on any atom is -0.481 e. The van der Waals surface area contributed by atoms with E-state index in [2.05, 4.69) is 15.6 Å². The first kappa shape index (κ1) is 26.7. The molecule has 0 saturated carbocycles. The van der Waals surface area contributed by atoms with Crippen LogP contribution < -0.4 is 16.4 Å². The molecule has 1 aromatic carbocycles. The SMILES string of the molecule is CC(NC(=O)C(N)Cc1c[nH]c2ccccc12)C(=O)N1CCCC1C(=O)NC(CCC(=O)O)C(=O)O. The molecule has 2 aromatic rings. The van der Waals surface area contributed by atoms with Gasteiger partial charge in [0.15, 0.2) is 0 Å². The van der Waals surface area contributed by atoms with E-state index in [1.54, 1.807) is 6.20 Å². The van der Waals surface area contributed by atoms with Crippen molar-refractivity contribution >= 4 is 40.6 Å². The quantitative estimate of drug-likeness (QED) is 0.247. The molecule has 36 heavy (non-hydrogen) atoms. The molecule has 1 aliphatic heterocycles. The highest BCUT2D eigenvalue weighted by molar-refractivity contribution is 5.94. The fourth-order valence-electron chi connectivity index (χ4n) is 4.36. The Kier molecular flexibility index (Phi) is 8.64. The van der Waals surface area contributed by atoms with Gasteiger partial charge in [0.2, 0.25) is 17.7 Å². The van der Waals surface area contributed by atoms with Gasteiger partial charge in [-0.3, -0.25) is 19.2 Å². The van der Waals surface area contributed by atoms with Crippen LogP contribution in [0, 0.1) is 0 Å². The number of fused-ring (bicyclic) bond motifs is 1. The molecule has 7 N–H and O–H groups in total. The zero-order valence-electron chi connectivity index (χ0n) is 19.9. The second kappa shape index (κ2) is 11.7. The molecule has 4 atom stereocenters. The van der Waals surface area contributed by atoms with Crippen LogP contribution in [0.25, 0.3) is 10.9 Å². The van der Waals surface area contributed by atoms with Crippen LogP contribution in [0.4, 0.5) is 0 Å². The van der Waals surface area contributed by atoms with E-state index in [9.17, 15) is 29.1 Å². The zero-order chi connectivity index (χ0) is 26.4. The third-order valence-electron chi connectivity index (χ3n) is 6.28. The topological polar surface area (TPSA) is 195 Å². The van der Waals surface area contributed by atoms with E-state index >= 15 is 0 Å². The average Bonchev–Trinajstić information content (AvgIpc) is 3.48. The third-order valence-corrected chi connectivity index (χ3v) is 6.28. The Morgan fingerprint density at radius 1 is 1.17 bits per heavy atom. The minimum absolute atomic E-state index is 0.262. The number of hydrogen-bond donors (Lipinski definition) is 6. The normalized spacial score (nSPS) is 17.8. The first-order valence-corrected chi connectivity index (χ1v) is 11.7. The number of para-hydroxylation sites is 1. The summed E-state index contributed by atoms with van der Waals surface area (Å²) in [5.41, 5.74) is 7.90. The van der Waals surface area contributed by atoms with E-state index in [1.165, 1.54) is 11.8 Å². The number of likely N-dealkylation sites (tertiary alicyclic amines) is 1. The zero-order valence-corrected chi connectivity index (χ0v) is 19.9. The van der Waals surface area contributed by atoms with Gasteiger partial charge < -0.3 is 36.5 Å². The summed E-state index contributed by atoms with van der Waals surface area (Å²) in [4.78, 5) is 65.1. The number of benzene rings is 1. The summed E-state index contributed by atoms with van der Waals surface area (Å²) in [7, 11) is 0. The largest absolute Gasteiger partial charge is 0.481 e. The van der Waals surface area contributed by atoms with E-state index in [-0.39, 0.29) is 19.4 Å². The molecule has 1 fully saturated rings. The van der Waals surface area contributed by atoms with Gasteiger partial charge in [-0.15, -0.1) is 0 Å². The summed E-state index contributed by atoms with van der Waals surface area (Å²) in [6.45, 7) is 1.77. The Labute approximate surface area is 207 Å². The lowest BCUT2D eigenvalue weighted by Gasteiger charge is -2.28. The number of H-pyrrole nitrogens is 1. The summed E-state index contributed by atoms with van der Waals surface area (Å²) in [5.74, 6) is -4.21. The number of carboxylic acids is 2. The number of carboxylic acid groups (broad SMARTS) is 2. The number of aromatic amines is 1. The second-order valence-electron chi connectivity index (χ2n) is 8.92. The number of nitrogens with one attached hydrogen (secondary N) is 3. The number of aromatic nitrogens is 1. The Bertz CT molecular complexity index is 1150. The van der Waals surface area contributed by atoms with Gasteiger partial charge in [-0.05, 0) is 44.2 Å². The lowest BCUT2D eigenvalue weighted by Crippen LogP contribution is -2.56. The highest BCUT2D eigenvalue weighted by Gasteiger charge is 2.38. The highest BCUT2D eigenvalue weighted by Crippen LogP contribution is 2.20. The average molecular weight is 502 g/mol. The molecule has 3 amide bonds. The van der Waals surface area contributed by atoms with Crippen molar-refractivity contribution in [1.29, 1.82) is 0 Å². The van der Waals surface area contributed by atoms with Crippen molar-refractivity contribution in [2.45, 2.75) is 63.2 Å². The number of nitrogens with two attached hydrogens (primary N) is 1. The summed E-state index contributed by atoms with van der Waals surface area (Å²) in [6.07, 6.45) is 2.20. The Balaban J connectivity index is 1.58. The van der Waals surface area contributed by atoms with Crippen molar-refractivity contribution in [3.63, 3.8) is 0 Å². The van der Waals surface area contributed by atoms with Gasteiger partial charge in [0.1, 0.15) is 18.1 Å². The molecule has 0 spiro atoms. The molecular weight excluding hydrogens is 470 g/mol. The van der Waals surface area contributed by atoms with Crippen LogP contribution in [-0.4, -0.2) is 80.5 Å². The molecule has 0 aliphatic carbocycles. The number of nitrogens with zero attached hydrogens (tertiary/aromatic N) is 1. The van der Waals surface area contributed by atoms with E-state index in [4.69, 9.17) is 10.8 Å². The van der Waals surface area contributed by atoms with Gasteiger partial charge in [-0.25, -0.2) is 4.79 Å². The molecule has 12 heteroatoms. The van der Waals surface area contributed by atoms with Crippen LogP contribution >= 0.6 is 0 Å². The molecule has 1 saturated heterocycles. The van der Waals surface area contributed by atoms with Gasteiger partial charge >= 0.3 is 11.9 Å². The molecule has 4 unspecified atom stereocenters. The van der Waals surface area contributed by atoms with Crippen molar-refractivity contribution < 1.29 is 34.2 Å². The summed E-state index contributed by atoms with van der Waals surface area (Å²) in [5, 5.41) is 24.0. The molecular formula is C24H31N5O7. The van der Waals surface area contributed by atoms with Gasteiger partial charge in [-0.2, -0.15) is 0 Å². The third kappa shape index (κ3) is 6.39. The predicted octanol–water partition coefficient (Wildman–Crippen LogP) is -0.0324. The molecule has 1 aromatic heterocycles. The van der Waals surface area contributed by atoms with Crippen molar-refractivity contribution in [2.24, 2.45) is 5.73 Å². The molecule has 0 radical (unpaired) electrons. The fourth-order valence-corrected chi connectivity index (χ4v) is 4.36. The van der Waals surface area contributed by atoms with Crippen molar-refractivity contribution in [3.05, 3.63) is 36.0 Å². The Hall–Kier alpha value is -3.93. The van der Waals surface area contributed by atoms with Crippen molar-refractivity contribution in [1.82, 2.24) is 20.5 Å². The Morgan fingerprint density at radius 2 is 1.89 bits per heavy atom. The van der Waals surface area contributed by atoms with Crippen LogP contribution in [0.1, 0.15) is 38.2 Å². The van der Waals surface area contributed by atoms with Gasteiger partial charge in [0, 0.05) is 30.1 Å². The van der Waals surface area contributed by atoms with E-state index < -0.39 is 60.2 Å². The summed E-state index contributed by atoms with van der Waals surface area (Å²) < 4.78 is 0.